The summed E-state index contributed by atoms with van der Waals surface area (Å²) in [5, 5.41) is 5.73. The van der Waals surface area contributed by atoms with Gasteiger partial charge in [-0.15, -0.1) is 12.4 Å². The Kier molecular flexibility index (Phi) is 10.3. The van der Waals surface area contributed by atoms with Gasteiger partial charge in [-0.3, -0.25) is 9.59 Å². The fourth-order valence-corrected chi connectivity index (χ4v) is 1.84. The molecule has 0 radical (unpaired) electrons. The predicted molar refractivity (Wildman–Crippen MR) is 95.6 cm³/mol. The SMILES string of the molecule is CCCCNC(=O)c1ccc(CNC(=O)C(C)C(C)N)cc1.Cl. The van der Waals surface area contributed by atoms with Crippen LogP contribution in [0.15, 0.2) is 24.3 Å². The summed E-state index contributed by atoms with van der Waals surface area (Å²) < 4.78 is 0. The minimum Gasteiger partial charge on any atom is -0.352 e. The fraction of sp³-hybridized carbons (Fsp3) is 0.529. The highest BCUT2D eigenvalue weighted by Gasteiger charge is 2.16. The molecule has 23 heavy (non-hydrogen) atoms. The zero-order chi connectivity index (χ0) is 16.5. The first kappa shape index (κ1) is 21.4. The third-order valence-corrected chi connectivity index (χ3v) is 3.70. The summed E-state index contributed by atoms with van der Waals surface area (Å²) in [7, 11) is 0. The third-order valence-electron chi connectivity index (χ3n) is 3.70. The lowest BCUT2D eigenvalue weighted by Crippen LogP contribution is -2.38. The van der Waals surface area contributed by atoms with E-state index < -0.39 is 0 Å². The molecule has 0 fully saturated rings. The molecule has 1 aromatic rings. The Morgan fingerprint density at radius 1 is 1.13 bits per heavy atom. The first-order valence-electron chi connectivity index (χ1n) is 7.86. The molecular weight excluding hydrogens is 314 g/mol. The van der Waals surface area contributed by atoms with Crippen LogP contribution < -0.4 is 16.4 Å². The van der Waals surface area contributed by atoms with Gasteiger partial charge in [0.25, 0.3) is 5.91 Å². The number of nitrogens with two attached hydrogens (primary N) is 1. The highest BCUT2D eigenvalue weighted by Crippen LogP contribution is 2.06. The monoisotopic (exact) mass is 341 g/mol. The van der Waals surface area contributed by atoms with Crippen molar-refractivity contribution in [2.24, 2.45) is 11.7 Å². The van der Waals surface area contributed by atoms with Gasteiger partial charge in [-0.25, -0.2) is 0 Å². The van der Waals surface area contributed by atoms with Crippen LogP contribution in [-0.2, 0) is 11.3 Å². The van der Waals surface area contributed by atoms with Crippen LogP contribution in [0.1, 0.15) is 49.5 Å². The molecule has 0 spiro atoms. The smallest absolute Gasteiger partial charge is 0.251 e. The van der Waals surface area contributed by atoms with Gasteiger partial charge in [0.2, 0.25) is 5.91 Å². The molecule has 1 rings (SSSR count). The van der Waals surface area contributed by atoms with Crippen molar-refractivity contribution in [3.8, 4) is 0 Å². The van der Waals surface area contributed by atoms with Gasteiger partial charge in [0.15, 0.2) is 0 Å². The van der Waals surface area contributed by atoms with E-state index in [1.807, 2.05) is 26.0 Å². The van der Waals surface area contributed by atoms with E-state index in [-0.39, 0.29) is 36.2 Å². The Morgan fingerprint density at radius 2 is 1.74 bits per heavy atom. The molecule has 0 aromatic heterocycles. The number of amides is 2. The number of hydrogen-bond donors (Lipinski definition) is 3. The Bertz CT molecular complexity index is 489. The number of nitrogens with one attached hydrogen (secondary N) is 2. The van der Waals surface area contributed by atoms with Crippen LogP contribution in [0, 0.1) is 5.92 Å². The normalized spacial score (nSPS) is 12.7. The molecule has 0 bridgehead atoms. The molecule has 1 aromatic carbocycles. The number of benzene rings is 1. The average Bonchev–Trinajstić information content (AvgIpc) is 2.52. The van der Waals surface area contributed by atoms with Crippen molar-refractivity contribution in [3.63, 3.8) is 0 Å². The topological polar surface area (TPSA) is 84.2 Å². The molecule has 6 heteroatoms. The van der Waals surface area contributed by atoms with Gasteiger partial charge < -0.3 is 16.4 Å². The number of carbonyl (C=O) groups excluding carboxylic acids is 2. The van der Waals surface area contributed by atoms with Crippen LogP contribution in [0.2, 0.25) is 0 Å². The summed E-state index contributed by atoms with van der Waals surface area (Å²) in [6.07, 6.45) is 2.03. The first-order chi connectivity index (χ1) is 10.5. The maximum Gasteiger partial charge on any atom is 0.251 e. The van der Waals surface area contributed by atoms with E-state index in [1.165, 1.54) is 0 Å². The molecule has 2 unspecified atom stereocenters. The molecule has 0 saturated carbocycles. The minimum absolute atomic E-state index is 0. The lowest BCUT2D eigenvalue weighted by molar-refractivity contribution is -0.125. The van der Waals surface area contributed by atoms with Gasteiger partial charge in [-0.05, 0) is 31.0 Å². The fourth-order valence-electron chi connectivity index (χ4n) is 1.84. The molecule has 0 saturated heterocycles. The molecule has 0 aliphatic rings. The van der Waals surface area contributed by atoms with Crippen molar-refractivity contribution >= 4 is 24.2 Å². The number of unbranched alkanes of at least 4 members (excludes halogenated alkanes) is 1. The second kappa shape index (κ2) is 11.0. The van der Waals surface area contributed by atoms with E-state index in [4.69, 9.17) is 5.73 Å². The van der Waals surface area contributed by atoms with Gasteiger partial charge in [-0.1, -0.05) is 32.4 Å². The molecule has 5 nitrogen and oxygen atoms in total. The average molecular weight is 342 g/mol. The van der Waals surface area contributed by atoms with Crippen molar-refractivity contribution in [3.05, 3.63) is 35.4 Å². The highest BCUT2D eigenvalue weighted by molar-refractivity contribution is 5.94. The quantitative estimate of drug-likeness (QED) is 0.634. The molecule has 0 aliphatic carbocycles. The summed E-state index contributed by atoms with van der Waals surface area (Å²) in [5.41, 5.74) is 7.29. The van der Waals surface area contributed by atoms with E-state index in [2.05, 4.69) is 17.6 Å². The number of carbonyl (C=O) groups is 2. The maximum absolute atomic E-state index is 11.9. The van der Waals surface area contributed by atoms with Crippen LogP contribution in [0.5, 0.6) is 0 Å². The Balaban J connectivity index is 0.00000484. The number of rotatable bonds is 8. The Labute approximate surface area is 144 Å². The van der Waals surface area contributed by atoms with Crippen molar-refractivity contribution in [2.75, 3.05) is 6.54 Å². The van der Waals surface area contributed by atoms with Crippen LogP contribution in [0.3, 0.4) is 0 Å². The summed E-state index contributed by atoms with van der Waals surface area (Å²) in [6.45, 7) is 6.84. The molecular formula is C17H28ClN3O2. The zero-order valence-corrected chi connectivity index (χ0v) is 14.9. The number of hydrogen-bond acceptors (Lipinski definition) is 3. The molecule has 0 heterocycles. The highest BCUT2D eigenvalue weighted by atomic mass is 35.5. The van der Waals surface area contributed by atoms with Gasteiger partial charge in [0, 0.05) is 30.6 Å². The first-order valence-corrected chi connectivity index (χ1v) is 7.86. The second-order valence-corrected chi connectivity index (χ2v) is 5.67. The van der Waals surface area contributed by atoms with E-state index in [9.17, 15) is 9.59 Å². The second-order valence-electron chi connectivity index (χ2n) is 5.67. The summed E-state index contributed by atoms with van der Waals surface area (Å²) in [5.74, 6) is -0.338. The van der Waals surface area contributed by atoms with Gasteiger partial charge in [0.1, 0.15) is 0 Å². The van der Waals surface area contributed by atoms with Crippen LogP contribution in [-0.4, -0.2) is 24.4 Å². The van der Waals surface area contributed by atoms with Crippen LogP contribution in [0.4, 0.5) is 0 Å². The lowest BCUT2D eigenvalue weighted by Gasteiger charge is -2.15. The zero-order valence-electron chi connectivity index (χ0n) is 14.1. The molecule has 130 valence electrons. The summed E-state index contributed by atoms with van der Waals surface area (Å²) in [6, 6.07) is 7.08. The van der Waals surface area contributed by atoms with Gasteiger partial charge in [-0.2, -0.15) is 0 Å². The van der Waals surface area contributed by atoms with Gasteiger partial charge in [0.05, 0.1) is 0 Å². The van der Waals surface area contributed by atoms with E-state index >= 15 is 0 Å². The predicted octanol–water partition coefficient (Wildman–Crippen LogP) is 2.24. The minimum atomic E-state index is -0.219. The van der Waals surface area contributed by atoms with E-state index in [0.717, 1.165) is 18.4 Å². The number of halogens is 1. The Morgan fingerprint density at radius 3 is 2.26 bits per heavy atom. The molecule has 4 N–H and O–H groups in total. The summed E-state index contributed by atoms with van der Waals surface area (Å²) in [4.78, 5) is 23.7. The Hall–Kier alpha value is -1.59. The van der Waals surface area contributed by atoms with Crippen LogP contribution in [0.25, 0.3) is 0 Å². The molecule has 2 amide bonds. The van der Waals surface area contributed by atoms with Crippen molar-refractivity contribution in [1.82, 2.24) is 10.6 Å². The van der Waals surface area contributed by atoms with E-state index in [1.54, 1.807) is 12.1 Å². The standard InChI is InChI=1S/C17H27N3O2.ClH/c1-4-5-10-19-17(22)15-8-6-14(7-9-15)11-20-16(21)12(2)13(3)18;/h6-9,12-13H,4-5,10-11,18H2,1-3H3,(H,19,22)(H,20,21);1H. The van der Waals surface area contributed by atoms with Crippen molar-refractivity contribution in [2.45, 2.75) is 46.2 Å². The third kappa shape index (κ3) is 7.48. The molecule has 0 aliphatic heterocycles. The maximum atomic E-state index is 11.9. The van der Waals surface area contributed by atoms with Gasteiger partial charge >= 0.3 is 0 Å². The van der Waals surface area contributed by atoms with E-state index in [0.29, 0.717) is 18.7 Å². The van der Waals surface area contributed by atoms with Crippen molar-refractivity contribution in [1.29, 1.82) is 0 Å². The largest absolute Gasteiger partial charge is 0.352 e. The lowest BCUT2D eigenvalue weighted by atomic mass is 10.0. The van der Waals surface area contributed by atoms with Crippen LogP contribution >= 0.6 is 12.4 Å². The molecule has 2 atom stereocenters. The van der Waals surface area contributed by atoms with Crippen molar-refractivity contribution < 1.29 is 9.59 Å². The summed E-state index contributed by atoms with van der Waals surface area (Å²) >= 11 is 0.